The molecule has 2 aromatic heterocycles. The molecule has 0 saturated carbocycles. The first-order valence-electron chi connectivity index (χ1n) is 6.29. The van der Waals surface area contributed by atoms with Crippen molar-refractivity contribution in [2.75, 3.05) is 7.05 Å². The highest BCUT2D eigenvalue weighted by atomic mass is 35.5. The maximum absolute atomic E-state index is 11.6. The molecule has 1 N–H and O–H groups in total. The summed E-state index contributed by atoms with van der Waals surface area (Å²) >= 11 is 5.92. The van der Waals surface area contributed by atoms with Gasteiger partial charge in [0.05, 0.1) is 11.6 Å². The van der Waals surface area contributed by atoms with Crippen molar-refractivity contribution in [2.45, 2.75) is 32.2 Å². The summed E-state index contributed by atoms with van der Waals surface area (Å²) in [5.41, 5.74) is 2.66. The fourth-order valence-electron chi connectivity index (χ4n) is 2.18. The zero-order valence-electron chi connectivity index (χ0n) is 11.4. The van der Waals surface area contributed by atoms with Gasteiger partial charge in [-0.1, -0.05) is 13.3 Å². The van der Waals surface area contributed by atoms with Crippen LogP contribution in [0.25, 0.3) is 11.2 Å². The molecule has 0 aliphatic rings. The number of alkyl halides is 1. The Bertz CT molecular complexity index is 601. The topological polar surface area (TPSA) is 64.7 Å². The molecule has 0 unspecified atom stereocenters. The fourth-order valence-corrected chi connectivity index (χ4v) is 2.39. The van der Waals surface area contributed by atoms with Gasteiger partial charge in [0.15, 0.2) is 5.65 Å². The maximum Gasteiger partial charge on any atom is 0.239 e. The van der Waals surface area contributed by atoms with Crippen LogP contribution in [-0.2, 0) is 30.7 Å². The van der Waals surface area contributed by atoms with Crippen LogP contribution in [-0.4, -0.2) is 32.3 Å². The molecule has 2 rings (SSSR count). The van der Waals surface area contributed by atoms with Crippen molar-refractivity contribution in [3.05, 3.63) is 11.5 Å². The van der Waals surface area contributed by atoms with E-state index in [4.69, 9.17) is 11.6 Å². The quantitative estimate of drug-likeness (QED) is 0.839. The zero-order chi connectivity index (χ0) is 14.0. The summed E-state index contributed by atoms with van der Waals surface area (Å²) in [6, 6.07) is 0. The summed E-state index contributed by atoms with van der Waals surface area (Å²) in [6.45, 7) is 2.31. The number of fused-ring (bicyclic) bond motifs is 1. The number of carbonyl (C=O) groups is 1. The zero-order valence-corrected chi connectivity index (χ0v) is 12.2. The number of nitrogens with one attached hydrogen (secondary N) is 1. The second-order valence-electron chi connectivity index (χ2n) is 4.41. The summed E-state index contributed by atoms with van der Waals surface area (Å²) in [4.78, 5) is 16.1. The van der Waals surface area contributed by atoms with E-state index >= 15 is 0 Å². The molecule has 0 aliphatic carbocycles. The number of aryl methyl sites for hydroxylation is 2. The molecule has 0 bridgehead atoms. The van der Waals surface area contributed by atoms with Crippen LogP contribution >= 0.6 is 11.6 Å². The lowest BCUT2D eigenvalue weighted by molar-refractivity contribution is -0.121. The van der Waals surface area contributed by atoms with E-state index in [9.17, 15) is 4.79 Å². The van der Waals surface area contributed by atoms with Crippen molar-refractivity contribution in [1.29, 1.82) is 0 Å². The number of amides is 1. The molecule has 1 amide bonds. The molecule has 19 heavy (non-hydrogen) atoms. The Morgan fingerprint density at radius 1 is 1.47 bits per heavy atom. The van der Waals surface area contributed by atoms with Gasteiger partial charge < -0.3 is 9.88 Å². The molecule has 2 aromatic rings. The highest BCUT2D eigenvalue weighted by molar-refractivity contribution is 6.16. The van der Waals surface area contributed by atoms with Gasteiger partial charge in [0.25, 0.3) is 0 Å². The van der Waals surface area contributed by atoms with Crippen LogP contribution < -0.4 is 5.32 Å². The second kappa shape index (κ2) is 5.61. The van der Waals surface area contributed by atoms with E-state index < -0.39 is 0 Å². The third-order valence-electron chi connectivity index (χ3n) is 3.06. The smallest absolute Gasteiger partial charge is 0.239 e. The lowest BCUT2D eigenvalue weighted by atomic mass is 10.2. The highest BCUT2D eigenvalue weighted by Gasteiger charge is 2.19. The van der Waals surface area contributed by atoms with Gasteiger partial charge in [-0.3, -0.25) is 9.48 Å². The van der Waals surface area contributed by atoms with Crippen LogP contribution in [0.15, 0.2) is 0 Å². The van der Waals surface area contributed by atoms with Gasteiger partial charge in [-0.2, -0.15) is 5.10 Å². The van der Waals surface area contributed by atoms with Crippen molar-refractivity contribution in [2.24, 2.45) is 7.05 Å². The van der Waals surface area contributed by atoms with Gasteiger partial charge in [0.1, 0.15) is 17.9 Å². The van der Waals surface area contributed by atoms with E-state index in [1.165, 1.54) is 0 Å². The third-order valence-corrected chi connectivity index (χ3v) is 3.30. The Hall–Kier alpha value is -1.56. The first-order valence-corrected chi connectivity index (χ1v) is 6.83. The number of hydrogen-bond donors (Lipinski definition) is 1. The standard InChI is InChI=1S/C12H18ClN5O/c1-4-5-8-11-12(17(3)16-8)18(7-10(19)14-2)9(6-13)15-11/h4-7H2,1-3H3,(H,14,19). The molecular formula is C12H18ClN5O. The first-order chi connectivity index (χ1) is 9.12. The average molecular weight is 284 g/mol. The van der Waals surface area contributed by atoms with E-state index in [1.807, 2.05) is 11.6 Å². The summed E-state index contributed by atoms with van der Waals surface area (Å²) in [6.07, 6.45) is 1.88. The number of aromatic nitrogens is 4. The minimum absolute atomic E-state index is 0.0797. The summed E-state index contributed by atoms with van der Waals surface area (Å²) in [7, 11) is 3.48. The van der Waals surface area contributed by atoms with E-state index in [1.54, 1.807) is 11.7 Å². The second-order valence-corrected chi connectivity index (χ2v) is 4.68. The third kappa shape index (κ3) is 2.45. The molecule has 2 heterocycles. The Balaban J connectivity index is 2.56. The van der Waals surface area contributed by atoms with Crippen LogP contribution in [0.3, 0.4) is 0 Å². The van der Waals surface area contributed by atoms with Crippen molar-refractivity contribution >= 4 is 28.7 Å². The van der Waals surface area contributed by atoms with Gasteiger partial charge in [-0.25, -0.2) is 4.98 Å². The van der Waals surface area contributed by atoms with Gasteiger partial charge in [-0.15, -0.1) is 11.6 Å². The molecule has 6 nitrogen and oxygen atoms in total. The summed E-state index contributed by atoms with van der Waals surface area (Å²) in [5, 5.41) is 7.08. The Morgan fingerprint density at radius 2 is 2.21 bits per heavy atom. The SMILES string of the molecule is CCCc1nn(C)c2c1nc(CCl)n2CC(=O)NC. The van der Waals surface area contributed by atoms with Crippen molar-refractivity contribution in [1.82, 2.24) is 24.6 Å². The van der Waals surface area contributed by atoms with Crippen LogP contribution in [0, 0.1) is 0 Å². The van der Waals surface area contributed by atoms with E-state index in [0.717, 1.165) is 29.7 Å². The van der Waals surface area contributed by atoms with E-state index in [-0.39, 0.29) is 18.3 Å². The normalized spacial score (nSPS) is 11.2. The number of nitrogens with zero attached hydrogens (tertiary/aromatic N) is 4. The molecule has 0 radical (unpaired) electrons. The summed E-state index contributed by atoms with van der Waals surface area (Å²) in [5.74, 6) is 0.895. The average Bonchev–Trinajstić information content (AvgIpc) is 2.89. The monoisotopic (exact) mass is 283 g/mol. The predicted molar refractivity (Wildman–Crippen MR) is 74.1 cm³/mol. The largest absolute Gasteiger partial charge is 0.358 e. The Morgan fingerprint density at radius 3 is 2.79 bits per heavy atom. The van der Waals surface area contributed by atoms with E-state index in [0.29, 0.717) is 5.82 Å². The van der Waals surface area contributed by atoms with Crippen molar-refractivity contribution < 1.29 is 4.79 Å². The molecule has 104 valence electrons. The van der Waals surface area contributed by atoms with E-state index in [2.05, 4.69) is 22.3 Å². The molecule has 0 fully saturated rings. The summed E-state index contributed by atoms with van der Waals surface area (Å²) < 4.78 is 3.60. The molecule has 0 aliphatic heterocycles. The number of imidazole rings is 1. The predicted octanol–water partition coefficient (Wildman–Crippen LogP) is 1.21. The number of hydrogen-bond acceptors (Lipinski definition) is 3. The Labute approximate surface area is 116 Å². The molecule has 7 heteroatoms. The van der Waals surface area contributed by atoms with Gasteiger partial charge in [-0.05, 0) is 6.42 Å². The van der Waals surface area contributed by atoms with Crippen LogP contribution in [0.5, 0.6) is 0 Å². The molecule has 0 saturated heterocycles. The number of likely N-dealkylation sites (N-methyl/N-ethyl adjacent to an activating group) is 1. The van der Waals surface area contributed by atoms with Crippen molar-refractivity contribution in [3.63, 3.8) is 0 Å². The molecule has 0 atom stereocenters. The number of carbonyl (C=O) groups excluding carboxylic acids is 1. The number of halogens is 1. The van der Waals surface area contributed by atoms with Crippen LogP contribution in [0.4, 0.5) is 0 Å². The lowest BCUT2D eigenvalue weighted by Gasteiger charge is -2.06. The van der Waals surface area contributed by atoms with Gasteiger partial charge in [0, 0.05) is 14.1 Å². The minimum atomic E-state index is -0.0797. The van der Waals surface area contributed by atoms with Gasteiger partial charge in [0.2, 0.25) is 5.91 Å². The van der Waals surface area contributed by atoms with Crippen LogP contribution in [0.2, 0.25) is 0 Å². The minimum Gasteiger partial charge on any atom is -0.358 e. The lowest BCUT2D eigenvalue weighted by Crippen LogP contribution is -2.24. The molecule has 0 aromatic carbocycles. The molecular weight excluding hydrogens is 266 g/mol. The van der Waals surface area contributed by atoms with Crippen molar-refractivity contribution in [3.8, 4) is 0 Å². The first kappa shape index (κ1) is 13.9. The van der Waals surface area contributed by atoms with Crippen LogP contribution in [0.1, 0.15) is 24.9 Å². The maximum atomic E-state index is 11.6. The number of rotatable bonds is 5. The Kier molecular flexibility index (Phi) is 4.09. The fraction of sp³-hybridized carbons (Fsp3) is 0.583. The highest BCUT2D eigenvalue weighted by Crippen LogP contribution is 2.21. The molecule has 0 spiro atoms. The van der Waals surface area contributed by atoms with Gasteiger partial charge >= 0.3 is 0 Å².